The van der Waals surface area contributed by atoms with Gasteiger partial charge < -0.3 is 64.2 Å². The highest BCUT2D eigenvalue weighted by Gasteiger charge is 2.47. The molecule has 14 heteroatoms. The van der Waals surface area contributed by atoms with Crippen molar-refractivity contribution in [1.29, 1.82) is 0 Å². The van der Waals surface area contributed by atoms with E-state index in [1.807, 2.05) is 0 Å². The summed E-state index contributed by atoms with van der Waals surface area (Å²) < 4.78 is 34.2. The van der Waals surface area contributed by atoms with Gasteiger partial charge in [-0.1, -0.05) is 145 Å². The summed E-state index contributed by atoms with van der Waals surface area (Å²) >= 11 is 0. The van der Waals surface area contributed by atoms with E-state index < -0.39 is 86.7 Å². The Morgan fingerprint density at radius 1 is 0.507 bits per heavy atom. The highest BCUT2D eigenvalue weighted by atomic mass is 16.7. The Morgan fingerprint density at radius 3 is 1.54 bits per heavy atom. The summed E-state index contributed by atoms with van der Waals surface area (Å²) in [4.78, 5) is 13.0. The number of aliphatic hydroxyl groups excluding tert-OH is 7. The molecule has 2 rings (SSSR count). The van der Waals surface area contributed by atoms with Gasteiger partial charge in [-0.15, -0.1) is 0 Å². The van der Waals surface area contributed by atoms with E-state index in [0.29, 0.717) is 13.0 Å². The van der Waals surface area contributed by atoms with Crippen molar-refractivity contribution in [1.82, 2.24) is 0 Å². The molecule has 11 unspecified atom stereocenters. The highest BCUT2D eigenvalue weighted by Crippen LogP contribution is 2.26. The van der Waals surface area contributed by atoms with E-state index in [2.05, 4.69) is 86.8 Å². The van der Waals surface area contributed by atoms with Crippen LogP contribution < -0.4 is 0 Å². The lowest BCUT2D eigenvalue weighted by atomic mass is 9.98. The topological polar surface area (TPSA) is 214 Å². The van der Waals surface area contributed by atoms with E-state index in [4.69, 9.17) is 28.4 Å². The van der Waals surface area contributed by atoms with E-state index in [1.165, 1.54) is 32.1 Å². The normalized spacial score (nSPS) is 26.7. The zero-order valence-corrected chi connectivity index (χ0v) is 40.9. The standard InChI is InChI=1S/C53H90O14/c1-3-5-7-9-11-13-15-17-18-19-20-21-22-23-24-25-26-28-30-32-34-36-45(55)65-42(39-62-37-35-33-31-29-27-16-14-12-10-8-6-4-2)40-63-52-51(61)49(59)47(57)44(67-52)41-64-53-50(60)48(58)46(56)43(38-54)66-53/h5,7,10-13,17-18,20-21,23-24,42-44,46-54,56-61H,3-4,6,8-9,14-16,19,22,25-41H2,1-2H3/b7-5-,12-10-,13-11-,18-17-,21-20-,24-23-. The summed E-state index contributed by atoms with van der Waals surface area (Å²) in [6.07, 6.45) is 32.5. The molecule has 0 radical (unpaired) electrons. The Balaban J connectivity index is 1.77. The number of aliphatic hydroxyl groups is 7. The average molecular weight is 951 g/mol. The maximum absolute atomic E-state index is 13.0. The Hall–Kier alpha value is -2.57. The van der Waals surface area contributed by atoms with Gasteiger partial charge in [0.1, 0.15) is 54.9 Å². The fourth-order valence-corrected chi connectivity index (χ4v) is 7.53. The quantitative estimate of drug-likeness (QED) is 0.0181. The Labute approximate surface area is 402 Å². The number of hydrogen-bond donors (Lipinski definition) is 7. The molecule has 0 bridgehead atoms. The SMILES string of the molecule is CC/C=C\C/C=C\C/C=C\C/C=C\C/C=C\CCCCCCCC(=O)OC(COCCCCCCCC/C=C\CCCC)COC1OC(COC2OC(CO)C(O)C(O)C2O)C(O)C(O)C1O. The number of carbonyl (C=O) groups is 1. The maximum atomic E-state index is 13.0. The van der Waals surface area contributed by atoms with Crippen LogP contribution in [0, 0.1) is 0 Å². The van der Waals surface area contributed by atoms with Crippen LogP contribution in [-0.4, -0.2) is 142 Å². The number of carbonyl (C=O) groups excluding carboxylic acids is 1. The first-order valence-electron chi connectivity index (χ1n) is 25.5. The number of rotatable bonds is 39. The zero-order chi connectivity index (χ0) is 48.7. The smallest absolute Gasteiger partial charge is 0.306 e. The third-order valence-corrected chi connectivity index (χ3v) is 11.7. The minimum atomic E-state index is -1.71. The van der Waals surface area contributed by atoms with Crippen molar-refractivity contribution in [2.75, 3.05) is 33.0 Å². The molecule has 14 nitrogen and oxygen atoms in total. The van der Waals surface area contributed by atoms with Gasteiger partial charge in [0.25, 0.3) is 0 Å². The van der Waals surface area contributed by atoms with Crippen LogP contribution in [-0.2, 0) is 33.2 Å². The largest absolute Gasteiger partial charge is 0.457 e. The third kappa shape index (κ3) is 28.0. The summed E-state index contributed by atoms with van der Waals surface area (Å²) in [6.45, 7) is 3.47. The van der Waals surface area contributed by atoms with E-state index in [1.54, 1.807) is 0 Å². The van der Waals surface area contributed by atoms with Crippen LogP contribution in [0.25, 0.3) is 0 Å². The molecule has 0 saturated carbocycles. The molecule has 2 heterocycles. The summed E-state index contributed by atoms with van der Waals surface area (Å²) in [6, 6.07) is 0. The minimum Gasteiger partial charge on any atom is -0.457 e. The van der Waals surface area contributed by atoms with Gasteiger partial charge in [-0.2, -0.15) is 0 Å². The monoisotopic (exact) mass is 951 g/mol. The predicted octanol–water partition coefficient (Wildman–Crippen LogP) is 7.51. The molecule has 67 heavy (non-hydrogen) atoms. The van der Waals surface area contributed by atoms with Gasteiger partial charge >= 0.3 is 5.97 Å². The molecule has 0 aromatic carbocycles. The van der Waals surface area contributed by atoms with Crippen LogP contribution in [0.4, 0.5) is 0 Å². The van der Waals surface area contributed by atoms with Crippen molar-refractivity contribution in [3.05, 3.63) is 72.9 Å². The van der Waals surface area contributed by atoms with E-state index >= 15 is 0 Å². The van der Waals surface area contributed by atoms with E-state index in [-0.39, 0.29) is 19.6 Å². The number of unbranched alkanes of at least 4 members (excludes halogenated alkanes) is 13. The lowest BCUT2D eigenvalue weighted by Gasteiger charge is -2.42. The molecule has 7 N–H and O–H groups in total. The molecule has 2 aliphatic rings. The van der Waals surface area contributed by atoms with Crippen molar-refractivity contribution in [3.8, 4) is 0 Å². The van der Waals surface area contributed by atoms with Crippen molar-refractivity contribution in [3.63, 3.8) is 0 Å². The lowest BCUT2D eigenvalue weighted by molar-refractivity contribution is -0.332. The molecule has 2 fully saturated rings. The second-order valence-electron chi connectivity index (χ2n) is 17.6. The van der Waals surface area contributed by atoms with Crippen molar-refractivity contribution >= 4 is 5.97 Å². The van der Waals surface area contributed by atoms with Crippen molar-refractivity contribution in [2.24, 2.45) is 0 Å². The molecule has 0 amide bonds. The van der Waals surface area contributed by atoms with Crippen LogP contribution in [0.5, 0.6) is 0 Å². The molecule has 0 aromatic heterocycles. The van der Waals surface area contributed by atoms with Crippen molar-refractivity contribution < 1.29 is 69.0 Å². The summed E-state index contributed by atoms with van der Waals surface area (Å²) in [7, 11) is 0. The fraction of sp³-hybridized carbons (Fsp3) is 0.755. The van der Waals surface area contributed by atoms with Gasteiger partial charge in [0.2, 0.25) is 0 Å². The van der Waals surface area contributed by atoms with E-state index in [0.717, 1.165) is 96.3 Å². The maximum Gasteiger partial charge on any atom is 0.306 e. The summed E-state index contributed by atoms with van der Waals surface area (Å²) in [5.41, 5.74) is 0. The van der Waals surface area contributed by atoms with Crippen LogP contribution in [0.3, 0.4) is 0 Å². The van der Waals surface area contributed by atoms with Gasteiger partial charge in [-0.05, 0) is 77.0 Å². The summed E-state index contributed by atoms with van der Waals surface area (Å²) in [5, 5.41) is 72.1. The lowest BCUT2D eigenvalue weighted by Crippen LogP contribution is -2.61. The second-order valence-corrected chi connectivity index (χ2v) is 17.6. The van der Waals surface area contributed by atoms with Gasteiger partial charge in [-0.25, -0.2) is 0 Å². The minimum absolute atomic E-state index is 0.0452. The van der Waals surface area contributed by atoms with Gasteiger partial charge in [0, 0.05) is 13.0 Å². The molecule has 386 valence electrons. The first kappa shape index (κ1) is 60.6. The second kappa shape index (κ2) is 40.2. The molecule has 2 aliphatic heterocycles. The Bertz CT molecular complexity index is 1380. The molecule has 0 aromatic rings. The first-order chi connectivity index (χ1) is 32.6. The van der Waals surface area contributed by atoms with Gasteiger partial charge in [0.05, 0.1) is 26.4 Å². The van der Waals surface area contributed by atoms with Crippen LogP contribution in [0.2, 0.25) is 0 Å². The first-order valence-corrected chi connectivity index (χ1v) is 25.5. The van der Waals surface area contributed by atoms with Gasteiger partial charge in [0.15, 0.2) is 12.6 Å². The van der Waals surface area contributed by atoms with Crippen LogP contribution in [0.1, 0.15) is 155 Å². The Kier molecular flexibility index (Phi) is 36.3. The van der Waals surface area contributed by atoms with Gasteiger partial charge in [-0.3, -0.25) is 4.79 Å². The fourth-order valence-electron chi connectivity index (χ4n) is 7.53. The zero-order valence-electron chi connectivity index (χ0n) is 40.9. The average Bonchev–Trinajstić information content (AvgIpc) is 3.32. The van der Waals surface area contributed by atoms with Crippen LogP contribution in [0.15, 0.2) is 72.9 Å². The molecule has 0 aliphatic carbocycles. The third-order valence-electron chi connectivity index (χ3n) is 11.7. The number of esters is 1. The predicted molar refractivity (Wildman–Crippen MR) is 261 cm³/mol. The Morgan fingerprint density at radius 2 is 0.970 bits per heavy atom. The number of allylic oxidation sites excluding steroid dienone is 12. The van der Waals surface area contributed by atoms with Crippen molar-refractivity contribution in [2.45, 2.75) is 223 Å². The molecular formula is C53H90O14. The molecular weight excluding hydrogens is 861 g/mol. The molecule has 11 atom stereocenters. The highest BCUT2D eigenvalue weighted by molar-refractivity contribution is 5.69. The summed E-state index contributed by atoms with van der Waals surface area (Å²) in [5.74, 6) is -0.400. The van der Waals surface area contributed by atoms with E-state index in [9.17, 15) is 40.5 Å². The number of hydrogen-bond acceptors (Lipinski definition) is 14. The molecule has 0 spiro atoms. The number of ether oxygens (including phenoxy) is 6. The molecule has 2 saturated heterocycles. The van der Waals surface area contributed by atoms with Crippen LogP contribution >= 0.6 is 0 Å².